The van der Waals surface area contributed by atoms with E-state index in [1.807, 2.05) is 13.0 Å². The molecular formula is C15H21ClN2O4. The van der Waals surface area contributed by atoms with Crippen molar-refractivity contribution in [3.05, 3.63) is 29.7 Å². The lowest BCUT2D eigenvalue weighted by molar-refractivity contribution is 0.0873. The van der Waals surface area contributed by atoms with Crippen LogP contribution < -0.4 is 4.74 Å². The molecule has 0 aliphatic rings. The van der Waals surface area contributed by atoms with Gasteiger partial charge in [0.05, 0.1) is 12.3 Å². The summed E-state index contributed by atoms with van der Waals surface area (Å²) in [5.74, 6) is 0.0299. The molecule has 0 radical (unpaired) electrons. The summed E-state index contributed by atoms with van der Waals surface area (Å²) in [6.45, 7) is 3.73. The first-order valence-electron chi connectivity index (χ1n) is 6.97. The first-order valence-corrected chi connectivity index (χ1v) is 6.97. The molecule has 0 aliphatic heterocycles. The Balaban J connectivity index is 0.00000242. The summed E-state index contributed by atoms with van der Waals surface area (Å²) in [5, 5.41) is 18.2. The van der Waals surface area contributed by atoms with Crippen molar-refractivity contribution in [1.29, 1.82) is 0 Å². The van der Waals surface area contributed by atoms with Crippen molar-refractivity contribution in [2.24, 2.45) is 5.92 Å². The number of aliphatic hydroxyl groups is 2. The smallest absolute Gasteiger partial charge is 0.181 e. The van der Waals surface area contributed by atoms with E-state index in [-0.39, 0.29) is 37.8 Å². The number of carbonyl (C=O) groups is 1. The van der Waals surface area contributed by atoms with E-state index in [1.54, 1.807) is 23.6 Å². The number of pyridine rings is 1. The summed E-state index contributed by atoms with van der Waals surface area (Å²) in [4.78, 5) is 16.8. The Labute approximate surface area is 135 Å². The molecule has 0 aromatic carbocycles. The number of rotatable bonds is 7. The van der Waals surface area contributed by atoms with Gasteiger partial charge in [-0.25, -0.2) is 4.98 Å². The lowest BCUT2D eigenvalue weighted by Crippen LogP contribution is -2.17. The van der Waals surface area contributed by atoms with Gasteiger partial charge in [0.1, 0.15) is 5.69 Å². The highest BCUT2D eigenvalue weighted by molar-refractivity contribution is 5.96. The van der Waals surface area contributed by atoms with Crippen LogP contribution in [0, 0.1) is 12.8 Å². The maximum Gasteiger partial charge on any atom is 0.181 e. The maximum absolute atomic E-state index is 12.4. The fourth-order valence-corrected chi connectivity index (χ4v) is 2.31. The molecular weight excluding hydrogens is 308 g/mol. The van der Waals surface area contributed by atoms with Crippen LogP contribution in [0.4, 0.5) is 0 Å². The van der Waals surface area contributed by atoms with Gasteiger partial charge in [-0.3, -0.25) is 9.20 Å². The lowest BCUT2D eigenvalue weighted by Gasteiger charge is -2.10. The Morgan fingerprint density at radius 2 is 2.09 bits per heavy atom. The van der Waals surface area contributed by atoms with Crippen molar-refractivity contribution in [3.8, 4) is 5.75 Å². The molecule has 22 heavy (non-hydrogen) atoms. The zero-order valence-corrected chi connectivity index (χ0v) is 13.5. The topological polar surface area (TPSA) is 84.1 Å². The van der Waals surface area contributed by atoms with Crippen LogP contribution >= 0.6 is 12.4 Å². The van der Waals surface area contributed by atoms with Crippen LogP contribution in [0.25, 0.3) is 5.65 Å². The number of halogens is 1. The van der Waals surface area contributed by atoms with E-state index in [0.717, 1.165) is 0 Å². The number of fused-ring (bicyclic) bond motifs is 1. The van der Waals surface area contributed by atoms with Crippen LogP contribution in [0.5, 0.6) is 5.75 Å². The van der Waals surface area contributed by atoms with E-state index in [2.05, 4.69) is 4.98 Å². The summed E-state index contributed by atoms with van der Waals surface area (Å²) >= 11 is 0. The van der Waals surface area contributed by atoms with Crippen LogP contribution in [0.15, 0.2) is 18.3 Å². The summed E-state index contributed by atoms with van der Waals surface area (Å²) in [6, 6.07) is 3.61. The number of ketones is 1. The Morgan fingerprint density at radius 1 is 1.41 bits per heavy atom. The summed E-state index contributed by atoms with van der Waals surface area (Å²) in [5.41, 5.74) is 1.69. The number of imidazole rings is 1. The molecule has 6 nitrogen and oxygen atoms in total. The standard InChI is InChI=1S/C15H20N2O4.ClH/c1-3-21-13-5-4-6-17-14(10(2)16-15(13)17)12(20)7-11(8-18)9-19;/h4-6,11,18-19H,3,7-9H2,1-2H3;1H. The van der Waals surface area contributed by atoms with E-state index in [0.29, 0.717) is 29.4 Å². The summed E-state index contributed by atoms with van der Waals surface area (Å²) in [7, 11) is 0. The predicted molar refractivity (Wildman–Crippen MR) is 85.0 cm³/mol. The Kier molecular flexibility index (Phi) is 6.80. The van der Waals surface area contributed by atoms with E-state index in [9.17, 15) is 4.79 Å². The number of aromatic nitrogens is 2. The average Bonchev–Trinajstić information content (AvgIpc) is 2.82. The van der Waals surface area contributed by atoms with Gasteiger partial charge >= 0.3 is 0 Å². The second-order valence-electron chi connectivity index (χ2n) is 4.90. The highest BCUT2D eigenvalue weighted by Crippen LogP contribution is 2.23. The van der Waals surface area contributed by atoms with Crippen LogP contribution in [0.3, 0.4) is 0 Å². The molecule has 2 aromatic rings. The fourth-order valence-electron chi connectivity index (χ4n) is 2.31. The van der Waals surface area contributed by atoms with Crippen molar-refractivity contribution >= 4 is 23.8 Å². The first-order chi connectivity index (χ1) is 10.1. The molecule has 0 saturated carbocycles. The second-order valence-corrected chi connectivity index (χ2v) is 4.90. The van der Waals surface area contributed by atoms with Crippen molar-refractivity contribution in [1.82, 2.24) is 9.38 Å². The highest BCUT2D eigenvalue weighted by Gasteiger charge is 2.21. The van der Waals surface area contributed by atoms with Gasteiger partial charge in [-0.15, -0.1) is 12.4 Å². The van der Waals surface area contributed by atoms with Gasteiger partial charge in [-0.05, 0) is 26.0 Å². The molecule has 2 N–H and O–H groups in total. The Morgan fingerprint density at radius 3 is 2.68 bits per heavy atom. The number of Topliss-reactive ketones (excluding diaryl/α,β-unsaturated/α-hetero) is 1. The Hall–Kier alpha value is -1.63. The van der Waals surface area contributed by atoms with Gasteiger partial charge in [0.15, 0.2) is 17.2 Å². The number of aryl methyl sites for hydroxylation is 1. The van der Waals surface area contributed by atoms with Gasteiger partial charge in [0.25, 0.3) is 0 Å². The minimum absolute atomic E-state index is 0. The molecule has 0 unspecified atom stereocenters. The lowest BCUT2D eigenvalue weighted by atomic mass is 10.0. The molecule has 0 amide bonds. The molecule has 122 valence electrons. The molecule has 0 spiro atoms. The van der Waals surface area contributed by atoms with E-state index in [1.165, 1.54) is 0 Å². The third-order valence-electron chi connectivity index (χ3n) is 3.34. The quantitative estimate of drug-likeness (QED) is 0.755. The third-order valence-corrected chi connectivity index (χ3v) is 3.34. The van der Waals surface area contributed by atoms with Crippen molar-refractivity contribution in [3.63, 3.8) is 0 Å². The van der Waals surface area contributed by atoms with E-state index < -0.39 is 5.92 Å². The minimum atomic E-state index is -0.447. The number of hydrogen-bond acceptors (Lipinski definition) is 5. The highest BCUT2D eigenvalue weighted by atomic mass is 35.5. The zero-order chi connectivity index (χ0) is 15.4. The zero-order valence-electron chi connectivity index (χ0n) is 12.7. The van der Waals surface area contributed by atoms with Gasteiger partial charge in [0, 0.05) is 31.7 Å². The normalized spacial score (nSPS) is 10.8. The maximum atomic E-state index is 12.4. The predicted octanol–water partition coefficient (Wildman–Crippen LogP) is 1.64. The van der Waals surface area contributed by atoms with Gasteiger partial charge in [-0.2, -0.15) is 0 Å². The van der Waals surface area contributed by atoms with Crippen molar-refractivity contribution in [2.75, 3.05) is 19.8 Å². The fraction of sp³-hybridized carbons (Fsp3) is 0.467. The molecule has 0 atom stereocenters. The van der Waals surface area contributed by atoms with Gasteiger partial charge in [-0.1, -0.05) is 0 Å². The molecule has 0 bridgehead atoms. The molecule has 0 fully saturated rings. The molecule has 7 heteroatoms. The molecule has 0 saturated heterocycles. The Bertz CT molecular complexity index is 638. The van der Waals surface area contributed by atoms with Crippen molar-refractivity contribution in [2.45, 2.75) is 20.3 Å². The van der Waals surface area contributed by atoms with Crippen molar-refractivity contribution < 1.29 is 19.7 Å². The summed E-state index contributed by atoms with van der Waals surface area (Å²) < 4.78 is 7.22. The van der Waals surface area contributed by atoms with E-state index in [4.69, 9.17) is 14.9 Å². The number of aliphatic hydroxyl groups excluding tert-OH is 2. The number of hydrogen-bond donors (Lipinski definition) is 2. The minimum Gasteiger partial charge on any atom is -0.490 e. The van der Waals surface area contributed by atoms with E-state index >= 15 is 0 Å². The van der Waals surface area contributed by atoms with Gasteiger partial charge in [0.2, 0.25) is 0 Å². The summed E-state index contributed by atoms with van der Waals surface area (Å²) in [6.07, 6.45) is 1.85. The average molecular weight is 329 g/mol. The molecule has 2 rings (SSSR count). The van der Waals surface area contributed by atoms with Gasteiger partial charge < -0.3 is 14.9 Å². The van der Waals surface area contributed by atoms with Crippen LogP contribution in [0.1, 0.15) is 29.5 Å². The number of carbonyl (C=O) groups excluding carboxylic acids is 1. The number of ether oxygens (including phenoxy) is 1. The molecule has 0 aliphatic carbocycles. The third kappa shape index (κ3) is 3.58. The first kappa shape index (κ1) is 18.4. The van der Waals surface area contributed by atoms with Crippen LogP contribution in [0.2, 0.25) is 0 Å². The second kappa shape index (κ2) is 8.12. The SMILES string of the molecule is CCOc1cccn2c(C(=O)CC(CO)CO)c(C)nc12.Cl. The molecule has 2 heterocycles. The van der Waals surface area contributed by atoms with Crippen LogP contribution in [-0.4, -0.2) is 45.2 Å². The monoisotopic (exact) mass is 328 g/mol. The molecule has 2 aromatic heterocycles. The largest absolute Gasteiger partial charge is 0.490 e. The number of nitrogens with zero attached hydrogens (tertiary/aromatic N) is 2. The van der Waals surface area contributed by atoms with Crippen LogP contribution in [-0.2, 0) is 0 Å².